The Morgan fingerprint density at radius 3 is 2.69 bits per heavy atom. The zero-order chi connectivity index (χ0) is 10.0. The zero-order valence-corrected chi connectivity index (χ0v) is 7.03. The molecule has 0 fully saturated rings. The molecule has 0 aliphatic heterocycles. The lowest BCUT2D eigenvalue weighted by Crippen LogP contribution is -2.05. The van der Waals surface area contributed by atoms with E-state index in [4.69, 9.17) is 16.1 Å². The van der Waals surface area contributed by atoms with Crippen molar-refractivity contribution in [1.82, 2.24) is 0 Å². The molecule has 4 nitrogen and oxygen atoms in total. The van der Waals surface area contributed by atoms with E-state index in [9.17, 15) is 4.79 Å². The van der Waals surface area contributed by atoms with Crippen molar-refractivity contribution >= 4 is 11.7 Å². The molecular formula is C9H8N2O2. The monoisotopic (exact) mass is 176 g/mol. The second-order valence-corrected chi connectivity index (χ2v) is 2.62. The number of aromatic carboxylic acids is 1. The van der Waals surface area contributed by atoms with Crippen molar-refractivity contribution in [1.29, 1.82) is 5.26 Å². The maximum absolute atomic E-state index is 10.6. The van der Waals surface area contributed by atoms with Crippen LogP contribution in [-0.4, -0.2) is 11.1 Å². The molecule has 0 heterocycles. The van der Waals surface area contributed by atoms with Gasteiger partial charge < -0.3 is 10.8 Å². The average molecular weight is 176 g/mol. The number of nitrogens with zero attached hydrogens (tertiary/aromatic N) is 1. The summed E-state index contributed by atoms with van der Waals surface area (Å²) in [5.41, 5.74) is 6.65. The fraction of sp³-hybridized carbons (Fsp3) is 0.111. The molecule has 0 aliphatic carbocycles. The van der Waals surface area contributed by atoms with E-state index in [1.54, 1.807) is 6.92 Å². The van der Waals surface area contributed by atoms with Crippen LogP contribution in [0.1, 0.15) is 21.5 Å². The van der Waals surface area contributed by atoms with Crippen LogP contribution in [0.4, 0.5) is 5.69 Å². The highest BCUT2D eigenvalue weighted by Crippen LogP contribution is 2.20. The minimum Gasteiger partial charge on any atom is -0.478 e. The molecule has 1 rings (SSSR count). The van der Waals surface area contributed by atoms with E-state index < -0.39 is 5.97 Å². The molecule has 0 unspecified atom stereocenters. The number of nitrogen functional groups attached to an aromatic ring is 1. The van der Waals surface area contributed by atoms with Crippen molar-refractivity contribution in [2.24, 2.45) is 0 Å². The maximum atomic E-state index is 10.6. The third-order valence-electron chi connectivity index (χ3n) is 1.87. The first-order chi connectivity index (χ1) is 6.07. The first-order valence-corrected chi connectivity index (χ1v) is 3.60. The number of hydrogen-bond acceptors (Lipinski definition) is 3. The van der Waals surface area contributed by atoms with Gasteiger partial charge in [0.15, 0.2) is 0 Å². The van der Waals surface area contributed by atoms with Crippen LogP contribution in [0, 0.1) is 18.3 Å². The van der Waals surface area contributed by atoms with Crippen LogP contribution in [0.3, 0.4) is 0 Å². The number of carbonyl (C=O) groups is 1. The van der Waals surface area contributed by atoms with Gasteiger partial charge in [0.1, 0.15) is 0 Å². The van der Waals surface area contributed by atoms with Gasteiger partial charge in [-0.1, -0.05) is 0 Å². The first kappa shape index (κ1) is 9.07. The summed E-state index contributed by atoms with van der Waals surface area (Å²) in [6.45, 7) is 1.63. The minimum absolute atomic E-state index is 0.0384. The molecule has 0 aliphatic rings. The van der Waals surface area contributed by atoms with E-state index >= 15 is 0 Å². The quantitative estimate of drug-likeness (QED) is 0.628. The molecule has 0 saturated heterocycles. The van der Waals surface area contributed by atoms with Crippen LogP contribution in [0.2, 0.25) is 0 Å². The number of hydrogen-bond donors (Lipinski definition) is 2. The van der Waals surface area contributed by atoms with Crippen molar-refractivity contribution in [2.75, 3.05) is 5.73 Å². The molecule has 66 valence electrons. The number of anilines is 1. The number of carboxylic acids is 1. The van der Waals surface area contributed by atoms with E-state index in [0.717, 1.165) is 0 Å². The Bertz CT molecular complexity index is 405. The summed E-state index contributed by atoms with van der Waals surface area (Å²) in [6.07, 6.45) is 0. The van der Waals surface area contributed by atoms with Crippen LogP contribution >= 0.6 is 0 Å². The molecule has 3 N–H and O–H groups in total. The Balaban J connectivity index is 3.42. The number of nitrogens with two attached hydrogens (primary N) is 1. The van der Waals surface area contributed by atoms with Crippen LogP contribution < -0.4 is 5.73 Å². The van der Waals surface area contributed by atoms with E-state index in [2.05, 4.69) is 0 Å². The molecule has 13 heavy (non-hydrogen) atoms. The Morgan fingerprint density at radius 2 is 2.23 bits per heavy atom. The molecule has 0 atom stereocenters. The summed E-state index contributed by atoms with van der Waals surface area (Å²) in [7, 11) is 0. The second kappa shape index (κ2) is 3.15. The topological polar surface area (TPSA) is 87.1 Å². The van der Waals surface area contributed by atoms with Gasteiger partial charge in [-0.25, -0.2) is 4.79 Å². The smallest absolute Gasteiger partial charge is 0.337 e. The van der Waals surface area contributed by atoms with Gasteiger partial charge in [0, 0.05) is 0 Å². The Morgan fingerprint density at radius 1 is 1.62 bits per heavy atom. The maximum Gasteiger partial charge on any atom is 0.337 e. The lowest BCUT2D eigenvalue weighted by molar-refractivity contribution is 0.0698. The van der Waals surface area contributed by atoms with Gasteiger partial charge in [0.2, 0.25) is 0 Å². The molecule has 0 saturated carbocycles. The molecule has 4 heteroatoms. The van der Waals surface area contributed by atoms with Crippen molar-refractivity contribution in [3.05, 3.63) is 28.8 Å². The van der Waals surface area contributed by atoms with Crippen LogP contribution in [0.15, 0.2) is 12.1 Å². The third kappa shape index (κ3) is 1.44. The standard InChI is InChI=1S/C9H8N2O2/c1-5-6(4-10)2-3-7(8(5)11)9(12)13/h2-3H,11H2,1H3,(H,12,13). The highest BCUT2D eigenvalue weighted by Gasteiger charge is 2.11. The lowest BCUT2D eigenvalue weighted by Gasteiger charge is -2.05. The SMILES string of the molecule is Cc1c(C#N)ccc(C(=O)O)c1N. The Kier molecular flexibility index (Phi) is 2.20. The predicted octanol–water partition coefficient (Wildman–Crippen LogP) is 1.15. The van der Waals surface area contributed by atoms with E-state index in [1.165, 1.54) is 12.1 Å². The third-order valence-corrected chi connectivity index (χ3v) is 1.87. The minimum atomic E-state index is -1.08. The van der Waals surface area contributed by atoms with E-state index in [-0.39, 0.29) is 11.3 Å². The van der Waals surface area contributed by atoms with Gasteiger partial charge in [0.05, 0.1) is 22.9 Å². The largest absolute Gasteiger partial charge is 0.478 e. The van der Waals surface area contributed by atoms with Crippen LogP contribution in [0.5, 0.6) is 0 Å². The summed E-state index contributed by atoms with van der Waals surface area (Å²) in [6, 6.07) is 4.72. The summed E-state index contributed by atoms with van der Waals surface area (Å²) in [5, 5.41) is 17.3. The Hall–Kier alpha value is -2.02. The number of benzene rings is 1. The fourth-order valence-corrected chi connectivity index (χ4v) is 1.04. The van der Waals surface area contributed by atoms with Crippen molar-refractivity contribution in [2.45, 2.75) is 6.92 Å². The van der Waals surface area contributed by atoms with Gasteiger partial charge in [-0.3, -0.25) is 0 Å². The molecule has 0 radical (unpaired) electrons. The fourth-order valence-electron chi connectivity index (χ4n) is 1.04. The van der Waals surface area contributed by atoms with Gasteiger partial charge in [-0.15, -0.1) is 0 Å². The highest BCUT2D eigenvalue weighted by atomic mass is 16.4. The molecule has 0 bridgehead atoms. The summed E-state index contributed by atoms with van der Waals surface area (Å²) < 4.78 is 0. The normalized spacial score (nSPS) is 9.23. The zero-order valence-electron chi connectivity index (χ0n) is 7.03. The Labute approximate surface area is 75.2 Å². The lowest BCUT2D eigenvalue weighted by atomic mass is 10.0. The van der Waals surface area contributed by atoms with Gasteiger partial charge in [0.25, 0.3) is 0 Å². The van der Waals surface area contributed by atoms with Crippen LogP contribution in [0.25, 0.3) is 0 Å². The number of rotatable bonds is 1. The van der Waals surface area contributed by atoms with Gasteiger partial charge >= 0.3 is 5.97 Å². The number of carboxylic acid groups (broad SMARTS) is 1. The second-order valence-electron chi connectivity index (χ2n) is 2.62. The van der Waals surface area contributed by atoms with Gasteiger partial charge in [-0.2, -0.15) is 5.26 Å². The predicted molar refractivity (Wildman–Crippen MR) is 47.3 cm³/mol. The molecule has 0 amide bonds. The molecule has 0 spiro atoms. The molecule has 1 aromatic rings. The summed E-state index contributed by atoms with van der Waals surface area (Å²) in [5.74, 6) is -1.08. The molecule has 0 aromatic heterocycles. The highest BCUT2D eigenvalue weighted by molar-refractivity contribution is 5.94. The molecule has 1 aromatic carbocycles. The summed E-state index contributed by atoms with van der Waals surface area (Å²) >= 11 is 0. The van der Waals surface area contributed by atoms with Crippen molar-refractivity contribution in [3.8, 4) is 6.07 Å². The van der Waals surface area contributed by atoms with Gasteiger partial charge in [-0.05, 0) is 24.6 Å². The first-order valence-electron chi connectivity index (χ1n) is 3.60. The van der Waals surface area contributed by atoms with E-state index in [1.807, 2.05) is 6.07 Å². The van der Waals surface area contributed by atoms with Crippen molar-refractivity contribution < 1.29 is 9.90 Å². The van der Waals surface area contributed by atoms with E-state index in [0.29, 0.717) is 11.1 Å². The summed E-state index contributed by atoms with van der Waals surface area (Å²) in [4.78, 5) is 10.6. The molecular weight excluding hydrogens is 168 g/mol. The average Bonchev–Trinajstić information content (AvgIpc) is 2.09. The van der Waals surface area contributed by atoms with Crippen LogP contribution in [-0.2, 0) is 0 Å². The number of nitriles is 1. The van der Waals surface area contributed by atoms with Crippen molar-refractivity contribution in [3.63, 3.8) is 0 Å².